The molecule has 0 unspecified atom stereocenters. The van der Waals surface area contributed by atoms with Gasteiger partial charge in [0.15, 0.2) is 0 Å². The van der Waals surface area contributed by atoms with Gasteiger partial charge in [-0.15, -0.1) is 0 Å². The predicted octanol–water partition coefficient (Wildman–Crippen LogP) is 2.68. The zero-order chi connectivity index (χ0) is 11.4. The van der Waals surface area contributed by atoms with Gasteiger partial charge in [-0.25, -0.2) is 0 Å². The zero-order valence-corrected chi connectivity index (χ0v) is 8.85. The first-order valence-corrected chi connectivity index (χ1v) is 5.13. The molecule has 2 aromatic rings. The van der Waals surface area contributed by atoms with Gasteiger partial charge in [-0.3, -0.25) is 0 Å². The third kappa shape index (κ3) is 1.95. The monoisotopic (exact) mass is 208 g/mol. The van der Waals surface area contributed by atoms with E-state index in [-0.39, 0.29) is 0 Å². The van der Waals surface area contributed by atoms with Crippen molar-refractivity contribution in [3.8, 4) is 17.2 Å². The maximum atomic E-state index is 8.86. The summed E-state index contributed by atoms with van der Waals surface area (Å²) in [6.45, 7) is 0.507. The van der Waals surface area contributed by atoms with Crippen molar-refractivity contribution in [1.82, 2.24) is 0 Å². The minimum absolute atomic E-state index is 0.507. The van der Waals surface area contributed by atoms with Crippen LogP contribution in [0.2, 0.25) is 0 Å². The van der Waals surface area contributed by atoms with Crippen molar-refractivity contribution < 1.29 is 0 Å². The molecule has 0 fully saturated rings. The van der Waals surface area contributed by atoms with E-state index in [1.54, 1.807) is 6.07 Å². The lowest BCUT2D eigenvalue weighted by molar-refractivity contribution is 1.07. The number of hydrogen-bond acceptors (Lipinski definition) is 2. The van der Waals surface area contributed by atoms with Gasteiger partial charge in [0, 0.05) is 6.54 Å². The molecular formula is C14H12N2. The second kappa shape index (κ2) is 4.61. The highest BCUT2D eigenvalue weighted by Gasteiger charge is 2.03. The fourth-order valence-corrected chi connectivity index (χ4v) is 1.74. The number of benzene rings is 2. The maximum absolute atomic E-state index is 8.86. The average molecular weight is 208 g/mol. The molecule has 0 radical (unpaired) electrons. The topological polar surface area (TPSA) is 49.8 Å². The van der Waals surface area contributed by atoms with E-state index in [4.69, 9.17) is 11.0 Å². The Bertz CT molecular complexity index is 538. The van der Waals surface area contributed by atoms with Gasteiger partial charge in [0.25, 0.3) is 0 Å². The van der Waals surface area contributed by atoms with Gasteiger partial charge >= 0.3 is 0 Å². The van der Waals surface area contributed by atoms with E-state index in [9.17, 15) is 0 Å². The third-order valence-corrected chi connectivity index (χ3v) is 2.54. The highest BCUT2D eigenvalue weighted by atomic mass is 14.5. The molecule has 0 saturated carbocycles. The van der Waals surface area contributed by atoms with Crippen LogP contribution in [-0.4, -0.2) is 0 Å². The minimum Gasteiger partial charge on any atom is -0.326 e. The van der Waals surface area contributed by atoms with E-state index in [1.165, 1.54) is 0 Å². The average Bonchev–Trinajstić information content (AvgIpc) is 2.38. The molecule has 0 amide bonds. The smallest absolute Gasteiger partial charge is 0.0991 e. The van der Waals surface area contributed by atoms with E-state index in [2.05, 4.69) is 6.07 Å². The molecule has 78 valence electrons. The lowest BCUT2D eigenvalue weighted by Gasteiger charge is -2.07. The lowest BCUT2D eigenvalue weighted by atomic mass is 9.98. The summed E-state index contributed by atoms with van der Waals surface area (Å²) in [6, 6.07) is 17.7. The minimum atomic E-state index is 0.507. The number of rotatable bonds is 2. The summed E-state index contributed by atoms with van der Waals surface area (Å²) in [5, 5.41) is 8.86. The Morgan fingerprint density at radius 3 is 2.62 bits per heavy atom. The normalized spacial score (nSPS) is 9.75. The van der Waals surface area contributed by atoms with Crippen LogP contribution in [0, 0.1) is 11.3 Å². The fraction of sp³-hybridized carbons (Fsp3) is 0.0714. The fourth-order valence-electron chi connectivity index (χ4n) is 1.74. The molecule has 2 nitrogen and oxygen atoms in total. The second-order valence-corrected chi connectivity index (χ2v) is 3.55. The Hall–Kier alpha value is -2.11. The van der Waals surface area contributed by atoms with Gasteiger partial charge in [0.1, 0.15) is 0 Å². The summed E-state index contributed by atoms with van der Waals surface area (Å²) in [5.74, 6) is 0. The molecular weight excluding hydrogens is 196 g/mol. The molecule has 0 heterocycles. The Labute approximate surface area is 95.0 Å². The molecule has 2 aromatic carbocycles. The van der Waals surface area contributed by atoms with E-state index in [0.29, 0.717) is 12.1 Å². The van der Waals surface area contributed by atoms with E-state index in [1.807, 2.05) is 42.5 Å². The van der Waals surface area contributed by atoms with Crippen molar-refractivity contribution in [2.24, 2.45) is 5.73 Å². The molecule has 2 N–H and O–H groups in total. The standard InChI is InChI=1S/C14H12N2/c15-9-11-4-3-6-12(8-11)14-7-2-1-5-13(14)10-16/h1-8H,10,16H2. The molecule has 16 heavy (non-hydrogen) atoms. The molecule has 0 saturated heterocycles. The summed E-state index contributed by atoms with van der Waals surface area (Å²) >= 11 is 0. The number of nitriles is 1. The van der Waals surface area contributed by atoms with Crippen molar-refractivity contribution >= 4 is 0 Å². The van der Waals surface area contributed by atoms with Crippen LogP contribution in [0.25, 0.3) is 11.1 Å². The molecule has 0 aliphatic heterocycles. The van der Waals surface area contributed by atoms with Crippen LogP contribution in [0.15, 0.2) is 48.5 Å². The van der Waals surface area contributed by atoms with E-state index < -0.39 is 0 Å². The second-order valence-electron chi connectivity index (χ2n) is 3.55. The van der Waals surface area contributed by atoms with E-state index >= 15 is 0 Å². The first-order valence-electron chi connectivity index (χ1n) is 5.13. The summed E-state index contributed by atoms with van der Waals surface area (Å²) in [5.41, 5.74) is 9.60. The van der Waals surface area contributed by atoms with Crippen LogP contribution in [0.3, 0.4) is 0 Å². The van der Waals surface area contributed by atoms with Gasteiger partial charge in [-0.05, 0) is 28.8 Å². The van der Waals surface area contributed by atoms with Crippen molar-refractivity contribution in [3.63, 3.8) is 0 Å². The van der Waals surface area contributed by atoms with Crippen LogP contribution in [0.5, 0.6) is 0 Å². The maximum Gasteiger partial charge on any atom is 0.0991 e. The molecule has 0 aliphatic rings. The first kappa shape index (κ1) is 10.4. The van der Waals surface area contributed by atoms with Crippen LogP contribution in [0.4, 0.5) is 0 Å². The molecule has 2 rings (SSSR count). The van der Waals surface area contributed by atoms with E-state index in [0.717, 1.165) is 16.7 Å². The highest BCUT2D eigenvalue weighted by molar-refractivity contribution is 5.68. The quantitative estimate of drug-likeness (QED) is 0.824. The SMILES string of the molecule is N#Cc1cccc(-c2ccccc2CN)c1. The lowest BCUT2D eigenvalue weighted by Crippen LogP contribution is -1.98. The van der Waals surface area contributed by atoms with Crippen molar-refractivity contribution in [3.05, 3.63) is 59.7 Å². The van der Waals surface area contributed by atoms with Gasteiger partial charge in [0.05, 0.1) is 11.6 Å². The third-order valence-electron chi connectivity index (χ3n) is 2.54. The van der Waals surface area contributed by atoms with Crippen molar-refractivity contribution in [2.45, 2.75) is 6.54 Å². The molecule has 2 heteroatoms. The first-order chi connectivity index (χ1) is 7.85. The number of hydrogen-bond donors (Lipinski definition) is 1. The Kier molecular flexibility index (Phi) is 3.00. The molecule has 0 aliphatic carbocycles. The number of nitrogens with two attached hydrogens (primary N) is 1. The molecule has 0 aromatic heterocycles. The van der Waals surface area contributed by atoms with Crippen molar-refractivity contribution in [1.29, 1.82) is 5.26 Å². The van der Waals surface area contributed by atoms with Crippen molar-refractivity contribution in [2.75, 3.05) is 0 Å². The Balaban J connectivity index is 2.54. The summed E-state index contributed by atoms with van der Waals surface area (Å²) < 4.78 is 0. The van der Waals surface area contributed by atoms with Gasteiger partial charge in [-0.2, -0.15) is 5.26 Å². The summed E-state index contributed by atoms with van der Waals surface area (Å²) in [4.78, 5) is 0. The molecule has 0 atom stereocenters. The van der Waals surface area contributed by atoms with Gasteiger partial charge in [-0.1, -0.05) is 36.4 Å². The highest BCUT2D eigenvalue weighted by Crippen LogP contribution is 2.23. The Morgan fingerprint density at radius 1 is 1.06 bits per heavy atom. The van der Waals surface area contributed by atoms with Crippen LogP contribution in [-0.2, 0) is 6.54 Å². The van der Waals surface area contributed by atoms with Crippen LogP contribution >= 0.6 is 0 Å². The Morgan fingerprint density at radius 2 is 1.88 bits per heavy atom. The summed E-state index contributed by atoms with van der Waals surface area (Å²) in [6.07, 6.45) is 0. The van der Waals surface area contributed by atoms with Crippen LogP contribution in [0.1, 0.15) is 11.1 Å². The zero-order valence-electron chi connectivity index (χ0n) is 8.85. The number of nitrogens with zero attached hydrogens (tertiary/aromatic N) is 1. The van der Waals surface area contributed by atoms with Gasteiger partial charge < -0.3 is 5.73 Å². The summed E-state index contributed by atoms with van der Waals surface area (Å²) in [7, 11) is 0. The van der Waals surface area contributed by atoms with Gasteiger partial charge in [0.2, 0.25) is 0 Å². The molecule has 0 bridgehead atoms. The van der Waals surface area contributed by atoms with Crippen LogP contribution < -0.4 is 5.73 Å². The largest absolute Gasteiger partial charge is 0.326 e. The molecule has 0 spiro atoms. The predicted molar refractivity (Wildman–Crippen MR) is 64.5 cm³/mol.